The van der Waals surface area contributed by atoms with Gasteiger partial charge in [-0.25, -0.2) is 0 Å². The smallest absolute Gasteiger partial charge is 0.293 e. The van der Waals surface area contributed by atoms with Crippen molar-refractivity contribution in [2.75, 3.05) is 13.2 Å². The Morgan fingerprint density at radius 3 is 2.89 bits per heavy atom. The predicted octanol–water partition coefficient (Wildman–Crippen LogP) is 0.194. The number of hydrogen-bond donors (Lipinski definition) is 0. The van der Waals surface area contributed by atoms with Crippen LogP contribution in [-0.4, -0.2) is 25.8 Å². The maximum atomic E-state index is 9.83. The van der Waals surface area contributed by atoms with Crippen LogP contribution in [-0.2, 0) is 14.3 Å². The van der Waals surface area contributed by atoms with Crippen LogP contribution in [0, 0.1) is 5.92 Å². The van der Waals surface area contributed by atoms with Gasteiger partial charge in [-0.3, -0.25) is 4.79 Å². The molecule has 2 atom stereocenters. The topological polar surface area (TPSA) is 35.5 Å². The van der Waals surface area contributed by atoms with Gasteiger partial charge in [-0.1, -0.05) is 6.92 Å². The monoisotopic (exact) mass is 130 g/mol. The van der Waals surface area contributed by atoms with Crippen molar-refractivity contribution in [3.05, 3.63) is 0 Å². The minimum absolute atomic E-state index is 0.0116. The van der Waals surface area contributed by atoms with Gasteiger partial charge in [0.25, 0.3) is 6.47 Å². The van der Waals surface area contributed by atoms with Gasteiger partial charge < -0.3 is 9.47 Å². The Morgan fingerprint density at radius 1 is 1.67 bits per heavy atom. The molecule has 1 rings (SSSR count). The standard InChI is InChI=1S/C6H10O3/c1-5-2-8-3-6(5)9-4-7/h4-6H,2-3H2,1H3/t5-,6?/m0/s1. The van der Waals surface area contributed by atoms with E-state index in [0.717, 1.165) is 0 Å². The Labute approximate surface area is 53.9 Å². The van der Waals surface area contributed by atoms with Crippen LogP contribution in [0.25, 0.3) is 0 Å². The van der Waals surface area contributed by atoms with Gasteiger partial charge in [0.1, 0.15) is 6.10 Å². The molecular weight excluding hydrogens is 120 g/mol. The number of rotatable bonds is 2. The van der Waals surface area contributed by atoms with E-state index in [1.54, 1.807) is 0 Å². The fraction of sp³-hybridized carbons (Fsp3) is 0.833. The Kier molecular flexibility index (Phi) is 2.05. The van der Waals surface area contributed by atoms with Crippen molar-refractivity contribution in [3.8, 4) is 0 Å². The summed E-state index contributed by atoms with van der Waals surface area (Å²) in [7, 11) is 0. The lowest BCUT2D eigenvalue weighted by Gasteiger charge is -2.08. The number of ether oxygens (including phenoxy) is 2. The summed E-state index contributed by atoms with van der Waals surface area (Å²) in [5.41, 5.74) is 0. The van der Waals surface area contributed by atoms with Crippen LogP contribution in [0.5, 0.6) is 0 Å². The Bertz CT molecular complexity index is 102. The van der Waals surface area contributed by atoms with Gasteiger partial charge in [-0.2, -0.15) is 0 Å². The third kappa shape index (κ3) is 1.42. The molecular formula is C6H10O3. The van der Waals surface area contributed by atoms with Crippen LogP contribution < -0.4 is 0 Å². The normalized spacial score (nSPS) is 34.3. The van der Waals surface area contributed by atoms with Crippen LogP contribution in [0.15, 0.2) is 0 Å². The molecule has 9 heavy (non-hydrogen) atoms. The highest BCUT2D eigenvalue weighted by molar-refractivity contribution is 5.37. The summed E-state index contributed by atoms with van der Waals surface area (Å²) >= 11 is 0. The first kappa shape index (κ1) is 6.55. The second-order valence-corrected chi connectivity index (χ2v) is 2.29. The van der Waals surface area contributed by atoms with Crippen LogP contribution in [0.2, 0.25) is 0 Å². The van der Waals surface area contributed by atoms with E-state index < -0.39 is 0 Å². The van der Waals surface area contributed by atoms with Gasteiger partial charge in [0.05, 0.1) is 13.2 Å². The van der Waals surface area contributed by atoms with Crippen molar-refractivity contribution in [2.45, 2.75) is 13.0 Å². The first-order chi connectivity index (χ1) is 4.34. The van der Waals surface area contributed by atoms with Crippen molar-refractivity contribution in [1.82, 2.24) is 0 Å². The molecule has 1 unspecified atom stereocenters. The lowest BCUT2D eigenvalue weighted by molar-refractivity contribution is -0.134. The zero-order chi connectivity index (χ0) is 6.69. The minimum Gasteiger partial charge on any atom is -0.462 e. The second kappa shape index (κ2) is 2.82. The maximum absolute atomic E-state index is 9.83. The molecule has 1 aliphatic rings. The molecule has 0 aliphatic carbocycles. The van der Waals surface area contributed by atoms with E-state index in [2.05, 4.69) is 0 Å². The van der Waals surface area contributed by atoms with Gasteiger partial charge >= 0.3 is 0 Å². The Balaban J connectivity index is 2.30. The maximum Gasteiger partial charge on any atom is 0.293 e. The molecule has 3 heteroatoms. The Morgan fingerprint density at radius 2 is 2.44 bits per heavy atom. The number of carbonyl (C=O) groups is 1. The third-order valence-corrected chi connectivity index (χ3v) is 1.53. The summed E-state index contributed by atoms with van der Waals surface area (Å²) in [5, 5.41) is 0. The van der Waals surface area contributed by atoms with Gasteiger partial charge in [-0.15, -0.1) is 0 Å². The van der Waals surface area contributed by atoms with E-state index >= 15 is 0 Å². The summed E-state index contributed by atoms with van der Waals surface area (Å²) in [6.45, 7) is 3.75. The zero-order valence-electron chi connectivity index (χ0n) is 5.37. The van der Waals surface area contributed by atoms with Crippen molar-refractivity contribution in [3.63, 3.8) is 0 Å². The number of carbonyl (C=O) groups excluding carboxylic acids is 1. The molecule has 0 amide bonds. The molecule has 52 valence electrons. The van der Waals surface area contributed by atoms with Crippen LogP contribution >= 0.6 is 0 Å². The highest BCUT2D eigenvalue weighted by Crippen LogP contribution is 2.14. The van der Waals surface area contributed by atoms with Crippen LogP contribution in [0.1, 0.15) is 6.92 Å². The molecule has 1 aliphatic heterocycles. The van der Waals surface area contributed by atoms with E-state index in [1.165, 1.54) is 0 Å². The molecule has 0 spiro atoms. The lowest BCUT2D eigenvalue weighted by atomic mass is 10.1. The van der Waals surface area contributed by atoms with Crippen molar-refractivity contribution in [1.29, 1.82) is 0 Å². The molecule has 1 fully saturated rings. The fourth-order valence-corrected chi connectivity index (χ4v) is 0.886. The van der Waals surface area contributed by atoms with E-state index in [-0.39, 0.29) is 6.10 Å². The van der Waals surface area contributed by atoms with E-state index in [1.807, 2.05) is 6.92 Å². The molecule has 3 nitrogen and oxygen atoms in total. The average Bonchev–Trinajstić information content (AvgIpc) is 2.18. The molecule has 0 N–H and O–H groups in total. The van der Waals surface area contributed by atoms with E-state index in [0.29, 0.717) is 25.6 Å². The molecule has 0 radical (unpaired) electrons. The molecule has 0 bridgehead atoms. The lowest BCUT2D eigenvalue weighted by Crippen LogP contribution is -2.18. The summed E-state index contributed by atoms with van der Waals surface area (Å²) in [4.78, 5) is 9.83. The minimum atomic E-state index is -0.0116. The van der Waals surface area contributed by atoms with Crippen LogP contribution in [0.4, 0.5) is 0 Å². The van der Waals surface area contributed by atoms with Gasteiger partial charge in [0.2, 0.25) is 0 Å². The SMILES string of the molecule is C[C@H]1COCC1OC=O. The molecule has 1 heterocycles. The first-order valence-corrected chi connectivity index (χ1v) is 3.01. The van der Waals surface area contributed by atoms with Gasteiger partial charge in [-0.05, 0) is 0 Å². The summed E-state index contributed by atoms with van der Waals surface area (Å²) in [6.07, 6.45) is -0.0116. The van der Waals surface area contributed by atoms with Crippen molar-refractivity contribution < 1.29 is 14.3 Å². The van der Waals surface area contributed by atoms with E-state index in [4.69, 9.17) is 9.47 Å². The largest absolute Gasteiger partial charge is 0.462 e. The second-order valence-electron chi connectivity index (χ2n) is 2.29. The van der Waals surface area contributed by atoms with Crippen LogP contribution in [0.3, 0.4) is 0 Å². The van der Waals surface area contributed by atoms with Crippen molar-refractivity contribution in [2.24, 2.45) is 5.92 Å². The summed E-state index contributed by atoms with van der Waals surface area (Å²) < 4.78 is 9.75. The quantitative estimate of drug-likeness (QED) is 0.501. The third-order valence-electron chi connectivity index (χ3n) is 1.53. The number of hydrogen-bond acceptors (Lipinski definition) is 3. The molecule has 0 aromatic rings. The first-order valence-electron chi connectivity index (χ1n) is 3.01. The molecule has 0 aromatic carbocycles. The highest BCUT2D eigenvalue weighted by Gasteiger charge is 2.24. The molecule has 1 saturated heterocycles. The summed E-state index contributed by atoms with van der Waals surface area (Å²) in [5.74, 6) is 0.357. The molecule has 0 saturated carbocycles. The fourth-order valence-electron chi connectivity index (χ4n) is 0.886. The van der Waals surface area contributed by atoms with Gasteiger partial charge in [0.15, 0.2) is 0 Å². The van der Waals surface area contributed by atoms with E-state index in [9.17, 15) is 4.79 Å². The summed E-state index contributed by atoms with van der Waals surface area (Å²) in [6, 6.07) is 0. The van der Waals surface area contributed by atoms with Gasteiger partial charge in [0, 0.05) is 5.92 Å². The average molecular weight is 130 g/mol. The Hall–Kier alpha value is -0.570. The molecule has 0 aromatic heterocycles. The zero-order valence-corrected chi connectivity index (χ0v) is 5.37. The highest BCUT2D eigenvalue weighted by atomic mass is 16.6. The predicted molar refractivity (Wildman–Crippen MR) is 30.9 cm³/mol. The van der Waals surface area contributed by atoms with Crippen molar-refractivity contribution >= 4 is 6.47 Å².